The molecule has 1 aromatic carbocycles. The summed E-state index contributed by atoms with van der Waals surface area (Å²) in [6, 6.07) is 7.90. The number of carbonyl (C=O) groups is 1. The number of para-hydroxylation sites is 1. The highest BCUT2D eigenvalue weighted by Gasteiger charge is 2.41. The predicted molar refractivity (Wildman–Crippen MR) is 98.3 cm³/mol. The number of likely N-dealkylation sites (tertiary alicyclic amines) is 1. The van der Waals surface area contributed by atoms with Gasteiger partial charge in [-0.25, -0.2) is 0 Å². The van der Waals surface area contributed by atoms with Crippen molar-refractivity contribution < 1.29 is 14.6 Å². The van der Waals surface area contributed by atoms with E-state index in [0.717, 1.165) is 43.8 Å². The third-order valence-corrected chi connectivity index (χ3v) is 5.41. The van der Waals surface area contributed by atoms with Crippen LogP contribution in [0.25, 0.3) is 6.08 Å². The Morgan fingerprint density at radius 3 is 2.76 bits per heavy atom. The van der Waals surface area contributed by atoms with Crippen molar-refractivity contribution in [1.29, 1.82) is 0 Å². The Balaban J connectivity index is 1.55. The van der Waals surface area contributed by atoms with Crippen molar-refractivity contribution in [3.8, 4) is 5.75 Å². The zero-order chi connectivity index (χ0) is 17.8. The fourth-order valence-corrected chi connectivity index (χ4v) is 4.23. The number of aliphatic hydroxyl groups excluding tert-OH is 1. The van der Waals surface area contributed by atoms with Crippen molar-refractivity contribution in [2.45, 2.75) is 31.9 Å². The quantitative estimate of drug-likeness (QED) is 0.857. The van der Waals surface area contributed by atoms with Gasteiger partial charge in [-0.05, 0) is 30.7 Å². The Bertz CT molecular complexity index is 631. The standard InChI is InChI=1S/C20H28N2O3/c1-14(23)21-18-10-16-12-22(13-17(16)11-19(18)24)9-5-7-15-6-3-4-8-20(15)25-2/h3-8,16-19,24H,9-13H2,1-2H3,(H,21,23)/b7-5+/t16-,17+,18-,19-/m1/s1. The molecule has 3 rings (SSSR count). The third kappa shape index (κ3) is 4.41. The average molecular weight is 344 g/mol. The average Bonchev–Trinajstić information content (AvgIpc) is 2.96. The Morgan fingerprint density at radius 1 is 1.32 bits per heavy atom. The van der Waals surface area contributed by atoms with Crippen molar-refractivity contribution in [1.82, 2.24) is 10.2 Å². The number of hydrogen-bond donors (Lipinski definition) is 2. The lowest BCUT2D eigenvalue weighted by atomic mass is 9.77. The highest BCUT2D eigenvalue weighted by molar-refractivity contribution is 5.73. The smallest absolute Gasteiger partial charge is 0.217 e. The maximum absolute atomic E-state index is 11.3. The van der Waals surface area contributed by atoms with Gasteiger partial charge in [0.2, 0.25) is 5.91 Å². The lowest BCUT2D eigenvalue weighted by Gasteiger charge is -2.35. The minimum atomic E-state index is -0.422. The normalized spacial score (nSPS) is 29.6. The van der Waals surface area contributed by atoms with Gasteiger partial charge in [-0.3, -0.25) is 9.69 Å². The maximum Gasteiger partial charge on any atom is 0.217 e. The van der Waals surface area contributed by atoms with Crippen LogP contribution in [0.2, 0.25) is 0 Å². The van der Waals surface area contributed by atoms with Gasteiger partial charge in [0.25, 0.3) is 0 Å². The van der Waals surface area contributed by atoms with E-state index in [-0.39, 0.29) is 11.9 Å². The molecule has 2 N–H and O–H groups in total. The van der Waals surface area contributed by atoms with E-state index in [1.165, 1.54) is 6.92 Å². The molecule has 1 saturated heterocycles. The lowest BCUT2D eigenvalue weighted by Crippen LogP contribution is -2.48. The van der Waals surface area contributed by atoms with Gasteiger partial charge in [-0.2, -0.15) is 0 Å². The Hall–Kier alpha value is -1.85. The van der Waals surface area contributed by atoms with Crippen LogP contribution >= 0.6 is 0 Å². The first kappa shape index (κ1) is 18.0. The molecule has 0 radical (unpaired) electrons. The number of benzene rings is 1. The van der Waals surface area contributed by atoms with Crippen LogP contribution in [0.3, 0.4) is 0 Å². The van der Waals surface area contributed by atoms with Crippen molar-refractivity contribution >= 4 is 12.0 Å². The van der Waals surface area contributed by atoms with Gasteiger partial charge in [0.15, 0.2) is 0 Å². The number of fused-ring (bicyclic) bond motifs is 1. The van der Waals surface area contributed by atoms with Gasteiger partial charge in [-0.1, -0.05) is 30.4 Å². The van der Waals surface area contributed by atoms with Crippen LogP contribution in [0.1, 0.15) is 25.3 Å². The van der Waals surface area contributed by atoms with E-state index in [0.29, 0.717) is 11.8 Å². The summed E-state index contributed by atoms with van der Waals surface area (Å²) < 4.78 is 5.37. The highest BCUT2D eigenvalue weighted by Crippen LogP contribution is 2.36. The lowest BCUT2D eigenvalue weighted by molar-refractivity contribution is -0.121. The molecule has 1 aliphatic carbocycles. The molecule has 5 heteroatoms. The fraction of sp³-hybridized carbons (Fsp3) is 0.550. The van der Waals surface area contributed by atoms with Crippen molar-refractivity contribution in [3.63, 3.8) is 0 Å². The molecule has 0 spiro atoms. The number of methoxy groups -OCH3 is 1. The monoisotopic (exact) mass is 344 g/mol. The summed E-state index contributed by atoms with van der Waals surface area (Å²) in [6.45, 7) is 4.46. The van der Waals surface area contributed by atoms with Crippen molar-refractivity contribution in [2.75, 3.05) is 26.7 Å². The Morgan fingerprint density at radius 2 is 2.04 bits per heavy atom. The summed E-state index contributed by atoms with van der Waals surface area (Å²) in [5, 5.41) is 13.2. The van der Waals surface area contributed by atoms with E-state index >= 15 is 0 Å². The summed E-state index contributed by atoms with van der Waals surface area (Å²) in [4.78, 5) is 13.7. The topological polar surface area (TPSA) is 61.8 Å². The first-order valence-electron chi connectivity index (χ1n) is 9.04. The van der Waals surface area contributed by atoms with E-state index in [9.17, 15) is 9.90 Å². The molecule has 0 unspecified atom stereocenters. The minimum absolute atomic E-state index is 0.0582. The molecule has 5 nitrogen and oxygen atoms in total. The van der Waals surface area contributed by atoms with Gasteiger partial charge >= 0.3 is 0 Å². The number of nitrogens with one attached hydrogen (secondary N) is 1. The maximum atomic E-state index is 11.3. The van der Waals surface area contributed by atoms with Crippen LogP contribution in [0.4, 0.5) is 0 Å². The first-order valence-corrected chi connectivity index (χ1v) is 9.04. The third-order valence-electron chi connectivity index (χ3n) is 5.41. The van der Waals surface area contributed by atoms with Crippen molar-refractivity contribution in [2.24, 2.45) is 11.8 Å². The summed E-state index contributed by atoms with van der Waals surface area (Å²) >= 11 is 0. The van der Waals surface area contributed by atoms with Crippen molar-refractivity contribution in [3.05, 3.63) is 35.9 Å². The molecule has 1 aliphatic heterocycles. The van der Waals surface area contributed by atoms with Crippen LogP contribution in [0, 0.1) is 11.8 Å². The zero-order valence-corrected chi connectivity index (χ0v) is 15.0. The second kappa shape index (κ2) is 8.02. The fourth-order valence-electron chi connectivity index (χ4n) is 4.23. The summed E-state index contributed by atoms with van der Waals surface area (Å²) in [6.07, 6.45) is 5.52. The number of rotatable bonds is 5. The summed E-state index contributed by atoms with van der Waals surface area (Å²) in [5.74, 6) is 1.91. The molecular formula is C20H28N2O3. The zero-order valence-electron chi connectivity index (χ0n) is 15.0. The minimum Gasteiger partial charge on any atom is -0.496 e. The van der Waals surface area contributed by atoms with E-state index < -0.39 is 6.10 Å². The number of nitrogens with zero attached hydrogens (tertiary/aromatic N) is 1. The molecule has 0 aromatic heterocycles. The summed E-state index contributed by atoms with van der Waals surface area (Å²) in [7, 11) is 1.69. The van der Waals surface area contributed by atoms with Gasteiger partial charge in [-0.15, -0.1) is 0 Å². The molecular weight excluding hydrogens is 316 g/mol. The number of ether oxygens (including phenoxy) is 1. The van der Waals surface area contributed by atoms with Crippen LogP contribution in [0.15, 0.2) is 30.3 Å². The van der Waals surface area contributed by atoms with E-state index in [2.05, 4.69) is 22.4 Å². The molecule has 25 heavy (non-hydrogen) atoms. The Kier molecular flexibility index (Phi) is 5.76. The van der Waals surface area contributed by atoms with E-state index in [1.807, 2.05) is 24.3 Å². The van der Waals surface area contributed by atoms with E-state index in [1.54, 1.807) is 7.11 Å². The molecule has 1 amide bonds. The molecule has 1 saturated carbocycles. The predicted octanol–water partition coefficient (Wildman–Crippen LogP) is 1.92. The molecule has 136 valence electrons. The van der Waals surface area contributed by atoms with Gasteiger partial charge in [0.05, 0.1) is 19.3 Å². The van der Waals surface area contributed by atoms with Crippen LogP contribution in [-0.2, 0) is 4.79 Å². The highest BCUT2D eigenvalue weighted by atomic mass is 16.5. The molecule has 1 aromatic rings. The van der Waals surface area contributed by atoms with Gasteiger partial charge in [0.1, 0.15) is 5.75 Å². The molecule has 2 fully saturated rings. The SMILES string of the molecule is COc1ccccc1/C=C/CN1C[C@H]2C[C@@H](NC(C)=O)[C@H](O)C[C@H]2C1. The number of hydrogen-bond acceptors (Lipinski definition) is 4. The molecule has 4 atom stereocenters. The van der Waals surface area contributed by atoms with Crippen LogP contribution in [-0.4, -0.2) is 54.8 Å². The number of amides is 1. The second-order valence-electron chi connectivity index (χ2n) is 7.23. The molecule has 1 heterocycles. The number of carbonyl (C=O) groups excluding carboxylic acids is 1. The summed E-state index contributed by atoms with van der Waals surface area (Å²) in [5.41, 5.74) is 1.09. The van der Waals surface area contributed by atoms with Gasteiger partial charge in [0, 0.05) is 32.1 Å². The second-order valence-corrected chi connectivity index (χ2v) is 7.23. The number of aliphatic hydroxyl groups is 1. The van der Waals surface area contributed by atoms with Crippen LogP contribution < -0.4 is 10.1 Å². The van der Waals surface area contributed by atoms with E-state index in [4.69, 9.17) is 4.74 Å². The van der Waals surface area contributed by atoms with Gasteiger partial charge < -0.3 is 15.2 Å². The first-order chi connectivity index (χ1) is 12.1. The largest absolute Gasteiger partial charge is 0.496 e. The molecule has 2 aliphatic rings. The van der Waals surface area contributed by atoms with Crippen LogP contribution in [0.5, 0.6) is 5.75 Å². The Labute approximate surface area is 149 Å². The molecule has 0 bridgehead atoms.